The highest BCUT2D eigenvalue weighted by molar-refractivity contribution is 8.02. The first-order chi connectivity index (χ1) is 11.4. The number of ether oxygens (including phenoxy) is 3. The fourth-order valence-electron chi connectivity index (χ4n) is 3.30. The summed E-state index contributed by atoms with van der Waals surface area (Å²) in [5, 5.41) is 0.225. The number of rotatable bonds is 3. The monoisotopic (exact) mass is 368 g/mol. The van der Waals surface area contributed by atoms with Crippen LogP contribution >= 0.6 is 23.4 Å². The number of carbonyl (C=O) groups is 2. The van der Waals surface area contributed by atoms with Gasteiger partial charge in [0.2, 0.25) is 11.4 Å². The zero-order valence-corrected chi connectivity index (χ0v) is 15.3. The molecule has 0 N–H and O–H groups in total. The number of fused-ring (bicyclic) bond motifs is 1. The minimum atomic E-state index is -1.24. The molecule has 2 aliphatic rings. The SMILES string of the molecule is COc1cc(OC)c2c(c1Cl)OC1(C2=O)C(SC)=CC(=O)CC1C. The molecule has 1 aromatic carbocycles. The van der Waals surface area contributed by atoms with Crippen molar-refractivity contribution in [2.24, 2.45) is 5.92 Å². The Morgan fingerprint density at radius 2 is 1.96 bits per heavy atom. The van der Waals surface area contributed by atoms with Crippen LogP contribution in [-0.2, 0) is 4.79 Å². The third-order valence-corrected chi connectivity index (χ3v) is 5.72. The van der Waals surface area contributed by atoms with Crippen molar-refractivity contribution in [1.82, 2.24) is 0 Å². The number of methoxy groups -OCH3 is 2. The van der Waals surface area contributed by atoms with Gasteiger partial charge in [0.05, 0.1) is 14.2 Å². The van der Waals surface area contributed by atoms with Crippen molar-refractivity contribution in [3.8, 4) is 17.2 Å². The van der Waals surface area contributed by atoms with E-state index in [1.54, 1.807) is 6.07 Å². The molecule has 3 rings (SSSR count). The molecule has 1 aromatic rings. The van der Waals surface area contributed by atoms with Gasteiger partial charge < -0.3 is 14.2 Å². The molecule has 0 radical (unpaired) electrons. The number of Topliss-reactive ketones (excluding diaryl/α,β-unsaturated/α-hetero) is 1. The second kappa shape index (κ2) is 6.01. The fourth-order valence-corrected chi connectivity index (χ4v) is 4.45. The lowest BCUT2D eigenvalue weighted by atomic mass is 9.77. The fraction of sp³-hybridized carbons (Fsp3) is 0.412. The molecule has 1 spiro atoms. The van der Waals surface area contributed by atoms with Gasteiger partial charge >= 0.3 is 0 Å². The lowest BCUT2D eigenvalue weighted by Gasteiger charge is -2.37. The second-order valence-electron chi connectivity index (χ2n) is 5.75. The summed E-state index contributed by atoms with van der Waals surface area (Å²) in [6.45, 7) is 1.84. The van der Waals surface area contributed by atoms with Gasteiger partial charge in [-0.1, -0.05) is 18.5 Å². The average Bonchev–Trinajstić information content (AvgIpc) is 2.87. The molecule has 2 atom stereocenters. The van der Waals surface area contributed by atoms with Gasteiger partial charge in [-0.2, -0.15) is 0 Å². The molecule has 5 nitrogen and oxygen atoms in total. The molecule has 0 aromatic heterocycles. The summed E-state index contributed by atoms with van der Waals surface area (Å²) in [7, 11) is 2.95. The van der Waals surface area contributed by atoms with Crippen molar-refractivity contribution in [2.45, 2.75) is 18.9 Å². The molecule has 128 valence electrons. The number of benzene rings is 1. The van der Waals surface area contributed by atoms with Crippen LogP contribution in [0.3, 0.4) is 0 Å². The number of allylic oxidation sites excluding steroid dienone is 1. The molecule has 1 heterocycles. The molecule has 1 aliphatic carbocycles. The van der Waals surface area contributed by atoms with Gasteiger partial charge in [0.15, 0.2) is 11.5 Å². The lowest BCUT2D eigenvalue weighted by Crippen LogP contribution is -2.50. The lowest BCUT2D eigenvalue weighted by molar-refractivity contribution is -0.117. The van der Waals surface area contributed by atoms with Crippen LogP contribution in [-0.4, -0.2) is 37.6 Å². The Balaban J connectivity index is 2.26. The van der Waals surface area contributed by atoms with Gasteiger partial charge in [0.25, 0.3) is 0 Å². The zero-order chi connectivity index (χ0) is 17.6. The minimum absolute atomic E-state index is 0.0135. The molecule has 2 unspecified atom stereocenters. The number of thioether (sulfide) groups is 1. The first kappa shape index (κ1) is 17.2. The largest absolute Gasteiger partial charge is 0.496 e. The smallest absolute Gasteiger partial charge is 0.219 e. The molecule has 0 saturated carbocycles. The van der Waals surface area contributed by atoms with Gasteiger partial charge in [0.1, 0.15) is 22.1 Å². The number of hydrogen-bond acceptors (Lipinski definition) is 6. The Hall–Kier alpha value is -1.66. The Morgan fingerprint density at radius 1 is 1.29 bits per heavy atom. The van der Waals surface area contributed by atoms with Crippen LogP contribution in [0.1, 0.15) is 23.7 Å². The standard InChI is InChI=1S/C17H17ClO5S/c1-8-5-9(19)6-12(24-4)17(8)16(20)13-10(21-2)7-11(22-3)14(18)15(13)23-17/h6-8H,5H2,1-4H3. The summed E-state index contributed by atoms with van der Waals surface area (Å²) in [5.41, 5.74) is -0.941. The van der Waals surface area contributed by atoms with Crippen molar-refractivity contribution in [3.63, 3.8) is 0 Å². The molecule has 0 bridgehead atoms. The van der Waals surface area contributed by atoms with E-state index in [2.05, 4.69) is 0 Å². The van der Waals surface area contributed by atoms with Gasteiger partial charge in [-0.15, -0.1) is 11.8 Å². The van der Waals surface area contributed by atoms with Crippen molar-refractivity contribution in [1.29, 1.82) is 0 Å². The van der Waals surface area contributed by atoms with Gasteiger partial charge in [-0.3, -0.25) is 9.59 Å². The summed E-state index contributed by atoms with van der Waals surface area (Å²) in [6, 6.07) is 1.57. The highest BCUT2D eigenvalue weighted by atomic mass is 35.5. The molecule has 0 amide bonds. The van der Waals surface area contributed by atoms with Crippen LogP contribution in [0.25, 0.3) is 0 Å². The Labute approximate surface area is 149 Å². The maximum atomic E-state index is 13.3. The number of ketones is 2. The van der Waals surface area contributed by atoms with Crippen molar-refractivity contribution < 1.29 is 23.8 Å². The van der Waals surface area contributed by atoms with Crippen LogP contribution in [0.5, 0.6) is 17.2 Å². The van der Waals surface area contributed by atoms with Crippen LogP contribution < -0.4 is 14.2 Å². The summed E-state index contributed by atoms with van der Waals surface area (Å²) in [4.78, 5) is 25.8. The Morgan fingerprint density at radius 3 is 2.54 bits per heavy atom. The molecule has 24 heavy (non-hydrogen) atoms. The molecular formula is C17H17ClO5S. The predicted molar refractivity (Wildman–Crippen MR) is 92.6 cm³/mol. The predicted octanol–water partition coefficient (Wildman–Crippen LogP) is 3.53. The van der Waals surface area contributed by atoms with Crippen LogP contribution in [0, 0.1) is 5.92 Å². The third-order valence-electron chi connectivity index (χ3n) is 4.50. The Bertz CT molecular complexity index is 773. The molecule has 0 saturated heterocycles. The van der Waals surface area contributed by atoms with E-state index in [-0.39, 0.29) is 34.7 Å². The normalized spacial score (nSPS) is 25.4. The van der Waals surface area contributed by atoms with E-state index in [0.717, 1.165) is 0 Å². The van der Waals surface area contributed by atoms with Crippen LogP contribution in [0.15, 0.2) is 17.0 Å². The van der Waals surface area contributed by atoms with Crippen molar-refractivity contribution >= 4 is 34.9 Å². The van der Waals surface area contributed by atoms with Crippen molar-refractivity contribution in [2.75, 3.05) is 20.5 Å². The van der Waals surface area contributed by atoms with E-state index in [1.165, 1.54) is 32.1 Å². The quantitative estimate of drug-likeness (QED) is 0.813. The summed E-state index contributed by atoms with van der Waals surface area (Å²) in [5.74, 6) is 0.395. The van der Waals surface area contributed by atoms with E-state index in [4.69, 9.17) is 25.8 Å². The first-order valence-corrected chi connectivity index (χ1v) is 8.98. The maximum absolute atomic E-state index is 13.3. The number of carbonyl (C=O) groups excluding carboxylic acids is 2. The van der Waals surface area contributed by atoms with Gasteiger partial charge in [-0.25, -0.2) is 0 Å². The topological polar surface area (TPSA) is 61.8 Å². The van der Waals surface area contributed by atoms with E-state index in [0.29, 0.717) is 22.0 Å². The second-order valence-corrected chi connectivity index (χ2v) is 6.98. The van der Waals surface area contributed by atoms with Crippen LogP contribution in [0.2, 0.25) is 5.02 Å². The zero-order valence-electron chi connectivity index (χ0n) is 13.8. The highest BCUT2D eigenvalue weighted by Crippen LogP contribution is 2.55. The molecule has 0 fully saturated rings. The molecule has 7 heteroatoms. The van der Waals surface area contributed by atoms with Gasteiger partial charge in [-0.05, 0) is 12.3 Å². The Kier molecular flexibility index (Phi) is 4.30. The number of halogens is 1. The molecular weight excluding hydrogens is 352 g/mol. The van der Waals surface area contributed by atoms with Crippen LogP contribution in [0.4, 0.5) is 0 Å². The maximum Gasteiger partial charge on any atom is 0.219 e. The third kappa shape index (κ3) is 2.16. The number of hydrogen-bond donors (Lipinski definition) is 0. The van der Waals surface area contributed by atoms with Gasteiger partial charge in [0, 0.05) is 23.3 Å². The van der Waals surface area contributed by atoms with E-state index in [9.17, 15) is 9.59 Å². The minimum Gasteiger partial charge on any atom is -0.496 e. The van der Waals surface area contributed by atoms with Crippen molar-refractivity contribution in [3.05, 3.63) is 27.6 Å². The van der Waals surface area contributed by atoms with E-state index < -0.39 is 5.60 Å². The summed E-state index contributed by atoms with van der Waals surface area (Å²) < 4.78 is 16.7. The van der Waals surface area contributed by atoms with E-state index in [1.807, 2.05) is 13.2 Å². The average molecular weight is 369 g/mol. The first-order valence-electron chi connectivity index (χ1n) is 7.38. The molecule has 1 aliphatic heterocycles. The summed E-state index contributed by atoms with van der Waals surface area (Å²) in [6.07, 6.45) is 3.55. The summed E-state index contributed by atoms with van der Waals surface area (Å²) >= 11 is 7.70. The highest BCUT2D eigenvalue weighted by Gasteiger charge is 2.58. The van der Waals surface area contributed by atoms with E-state index >= 15 is 0 Å².